The van der Waals surface area contributed by atoms with Crippen molar-refractivity contribution in [2.24, 2.45) is 28.9 Å². The Balaban J connectivity index is 1.80. The highest BCUT2D eigenvalue weighted by atomic mass is 31.2. The third kappa shape index (κ3) is 11.8. The molecule has 5 unspecified atom stereocenters. The lowest BCUT2D eigenvalue weighted by Crippen LogP contribution is -2.58. The lowest BCUT2D eigenvalue weighted by Gasteiger charge is -2.50. The van der Waals surface area contributed by atoms with Gasteiger partial charge in [0.1, 0.15) is 24.2 Å². The molecule has 0 aliphatic carbocycles. The number of rotatable bonds is 18. The first-order valence-electron chi connectivity index (χ1n) is 18.6. The number of phosphoric ester groups is 1. The van der Waals surface area contributed by atoms with Crippen LogP contribution in [0.4, 0.5) is 0 Å². The zero-order valence-electron chi connectivity index (χ0n) is 33.3. The molecule has 54 heavy (non-hydrogen) atoms. The van der Waals surface area contributed by atoms with E-state index in [0.717, 1.165) is 23.1 Å². The van der Waals surface area contributed by atoms with Gasteiger partial charge in [0, 0.05) is 56.1 Å². The van der Waals surface area contributed by atoms with Gasteiger partial charge in [-0.15, -0.1) is 0 Å². The van der Waals surface area contributed by atoms with Crippen LogP contribution in [0.15, 0.2) is 51.7 Å². The van der Waals surface area contributed by atoms with Crippen molar-refractivity contribution in [1.82, 2.24) is 4.98 Å². The molecule has 2 aliphatic rings. The normalized spacial score (nSPS) is 29.8. The minimum atomic E-state index is -5.08. The Morgan fingerprint density at radius 1 is 1.17 bits per heavy atom. The van der Waals surface area contributed by atoms with E-state index in [0.29, 0.717) is 24.4 Å². The smallest absolute Gasteiger partial charge is 0.449 e. The first-order chi connectivity index (χ1) is 25.0. The molecule has 306 valence electrons. The highest BCUT2D eigenvalue weighted by molar-refractivity contribution is 7.46. The lowest BCUT2D eigenvalue weighted by molar-refractivity contribution is -0.334. The summed E-state index contributed by atoms with van der Waals surface area (Å²) in [6.45, 7) is 16.4. The van der Waals surface area contributed by atoms with E-state index in [-0.39, 0.29) is 24.7 Å². The van der Waals surface area contributed by atoms with Crippen LogP contribution in [-0.2, 0) is 28.1 Å². The fourth-order valence-corrected chi connectivity index (χ4v) is 8.13. The van der Waals surface area contributed by atoms with E-state index < -0.39 is 73.6 Å². The molecule has 15 heteroatoms. The number of ether oxygens (including phenoxy) is 3. The third-order valence-corrected chi connectivity index (χ3v) is 11.7. The highest BCUT2D eigenvalue weighted by Gasteiger charge is 2.67. The van der Waals surface area contributed by atoms with Crippen LogP contribution in [0.3, 0.4) is 0 Å². The number of nitrogens with zero attached hydrogens (tertiary/aromatic N) is 1. The number of amides is 1. The minimum absolute atomic E-state index is 0.00374. The number of phosphoric acid groups is 1. The molecule has 0 radical (unpaired) electrons. The zero-order chi connectivity index (χ0) is 40.8. The van der Waals surface area contributed by atoms with E-state index in [4.69, 9.17) is 28.9 Å². The van der Waals surface area contributed by atoms with Crippen molar-refractivity contribution < 1.29 is 57.6 Å². The Morgan fingerprint density at radius 3 is 2.41 bits per heavy atom. The predicted octanol–water partition coefficient (Wildman–Crippen LogP) is 5.27. The third-order valence-electron chi connectivity index (χ3n) is 11.2. The number of aryl methyl sites for hydroxylation is 1. The first kappa shape index (κ1) is 45.9. The molecular weight excluding hydrogens is 719 g/mol. The number of oxazole rings is 1. The Hall–Kier alpha value is -2.49. The number of allylic oxidation sites excluding steroid dienone is 4. The number of nitrogens with two attached hydrogens (primary N) is 1. The largest absolute Gasteiger partial charge is 0.469 e. The average molecular weight is 783 g/mol. The Morgan fingerprint density at radius 2 is 1.83 bits per heavy atom. The van der Waals surface area contributed by atoms with E-state index >= 15 is 0 Å². The quantitative estimate of drug-likeness (QED) is 0.0635. The van der Waals surface area contributed by atoms with Crippen molar-refractivity contribution in [2.45, 2.75) is 143 Å². The predicted molar refractivity (Wildman–Crippen MR) is 203 cm³/mol. The Bertz CT molecular complexity index is 1580. The molecule has 1 amide bonds. The van der Waals surface area contributed by atoms with E-state index in [9.17, 15) is 34.5 Å². The van der Waals surface area contributed by atoms with Crippen LogP contribution >= 0.6 is 7.82 Å². The zero-order valence-corrected chi connectivity index (χ0v) is 34.2. The highest BCUT2D eigenvalue weighted by Crippen LogP contribution is 2.58. The van der Waals surface area contributed by atoms with Crippen molar-refractivity contribution in [3.63, 3.8) is 0 Å². The molecule has 0 saturated carbocycles. The summed E-state index contributed by atoms with van der Waals surface area (Å²) in [5.41, 5.74) is 7.51. The van der Waals surface area contributed by atoms with Gasteiger partial charge in [-0.05, 0) is 46.1 Å². The van der Waals surface area contributed by atoms with E-state index in [2.05, 4.69) is 11.1 Å². The second-order valence-electron chi connectivity index (χ2n) is 15.7. The maximum absolute atomic E-state index is 12.4. The van der Waals surface area contributed by atoms with Crippen LogP contribution in [0, 0.1) is 30.1 Å². The molecule has 0 bridgehead atoms. The number of aliphatic hydroxyl groups excluding tert-OH is 3. The summed E-state index contributed by atoms with van der Waals surface area (Å²) in [7, 11) is -3.68. The van der Waals surface area contributed by atoms with Crippen LogP contribution in [-0.4, -0.2) is 91.6 Å². The SMILES string of the molecule is COC(CC(O)C(C)C(O)C(C)/C=C(C)/C(C)=C/CC/C(C)=C\C(N)=O)[C@H]1O[C@]2(C[C@H](O)[C@H](C)[C@H](C/C=C/c3coc(C)n3)O2)C(C)(C)[C@H]1OP(=O)(O)O. The number of primary amides is 1. The van der Waals surface area contributed by atoms with Gasteiger partial charge in [0.2, 0.25) is 5.91 Å². The van der Waals surface area contributed by atoms with Gasteiger partial charge < -0.3 is 49.5 Å². The fourth-order valence-electron chi connectivity index (χ4n) is 7.45. The molecule has 1 spiro atoms. The number of carbonyl (C=O) groups is 1. The molecule has 7 N–H and O–H groups in total. The van der Waals surface area contributed by atoms with E-state index in [1.807, 2.05) is 46.8 Å². The van der Waals surface area contributed by atoms with Crippen molar-refractivity contribution in [3.05, 3.63) is 58.9 Å². The van der Waals surface area contributed by atoms with Crippen LogP contribution < -0.4 is 5.73 Å². The number of aromatic nitrogens is 1. The van der Waals surface area contributed by atoms with E-state index in [1.54, 1.807) is 33.8 Å². The summed E-state index contributed by atoms with van der Waals surface area (Å²) in [6.07, 6.45) is 5.42. The maximum Gasteiger partial charge on any atom is 0.469 e. The molecule has 0 aromatic carbocycles. The number of hydrogen-bond donors (Lipinski definition) is 6. The summed E-state index contributed by atoms with van der Waals surface area (Å²) in [6, 6.07) is 0. The molecule has 14 nitrogen and oxygen atoms in total. The molecular formula is C39H63N2O12P. The van der Waals surface area contributed by atoms with Crippen LogP contribution in [0.25, 0.3) is 6.08 Å². The van der Waals surface area contributed by atoms with E-state index in [1.165, 1.54) is 19.4 Å². The maximum atomic E-state index is 12.4. The van der Waals surface area contributed by atoms with Crippen molar-refractivity contribution >= 4 is 19.8 Å². The number of hydrogen-bond acceptors (Lipinski definition) is 11. The molecule has 3 heterocycles. The Labute approximate surface area is 319 Å². The van der Waals surface area contributed by atoms with Gasteiger partial charge in [-0.1, -0.05) is 69.6 Å². The van der Waals surface area contributed by atoms with Gasteiger partial charge in [0.05, 0.1) is 30.5 Å². The van der Waals surface area contributed by atoms with Crippen LogP contribution in [0.1, 0.15) is 99.1 Å². The number of aliphatic hydroxyl groups is 3. The van der Waals surface area contributed by atoms with Crippen molar-refractivity contribution in [3.8, 4) is 0 Å². The topological polar surface area (TPSA) is 224 Å². The summed E-state index contributed by atoms with van der Waals surface area (Å²) in [4.78, 5) is 35.4. The van der Waals surface area contributed by atoms with Gasteiger partial charge in [-0.2, -0.15) is 0 Å². The lowest BCUT2D eigenvalue weighted by atomic mass is 9.72. The average Bonchev–Trinajstić information content (AvgIpc) is 3.57. The molecule has 1 aromatic heterocycles. The van der Waals surface area contributed by atoms with Crippen LogP contribution in [0.2, 0.25) is 0 Å². The molecule has 2 fully saturated rings. The Kier molecular flexibility index (Phi) is 16.2. The molecule has 11 atom stereocenters. The molecule has 2 saturated heterocycles. The first-order valence-corrected chi connectivity index (χ1v) is 20.1. The summed E-state index contributed by atoms with van der Waals surface area (Å²) in [5.74, 6) is -2.79. The summed E-state index contributed by atoms with van der Waals surface area (Å²) >= 11 is 0. The standard InChI is InChI=1S/C39H63N2O12P/c1-22(17-34(40)44)13-11-14-23(2)24(3)18-25(4)35(45)27(6)30(42)19-33(49-10)36-37(53-54(46,47)48)38(8,9)39(52-36)20-31(43)26(5)32(51-39)16-12-15-29-21-50-28(7)41-29/h12,14-15,17-18,21,25-27,30-33,35-37,42-43,45H,11,13,16,19-20H2,1-10H3,(H2,40,44)(H2,46,47,48)/b15-12+,22-17-,23-14+,24-18+/t25?,26-,27?,30?,31-,32-,33?,35?,36+,37-,39+/m0/s1. The van der Waals surface area contributed by atoms with Gasteiger partial charge in [0.15, 0.2) is 11.7 Å². The fraction of sp³-hybridized carbons (Fsp3) is 0.692. The number of methoxy groups -OCH3 is 1. The van der Waals surface area contributed by atoms with Crippen molar-refractivity contribution in [1.29, 1.82) is 0 Å². The van der Waals surface area contributed by atoms with Gasteiger partial charge in [-0.3, -0.25) is 9.32 Å². The molecule has 3 rings (SSSR count). The van der Waals surface area contributed by atoms with Gasteiger partial charge in [-0.25, -0.2) is 9.55 Å². The van der Waals surface area contributed by atoms with Crippen molar-refractivity contribution in [2.75, 3.05) is 7.11 Å². The summed E-state index contributed by atoms with van der Waals surface area (Å²) < 4.78 is 42.2. The second kappa shape index (κ2) is 19.1. The second-order valence-corrected chi connectivity index (χ2v) is 16.9. The van der Waals surface area contributed by atoms with Gasteiger partial charge in [0.25, 0.3) is 0 Å². The molecule has 1 aromatic rings. The molecule has 2 aliphatic heterocycles. The monoisotopic (exact) mass is 782 g/mol. The van der Waals surface area contributed by atoms with Gasteiger partial charge >= 0.3 is 7.82 Å². The minimum Gasteiger partial charge on any atom is -0.449 e. The summed E-state index contributed by atoms with van der Waals surface area (Å²) in [5, 5.41) is 34.1. The van der Waals surface area contributed by atoms with Crippen LogP contribution in [0.5, 0.6) is 0 Å². The number of carbonyl (C=O) groups excluding carboxylic acids is 1.